The third-order valence-electron chi connectivity index (χ3n) is 3.19. The molecule has 1 rings (SSSR count). The highest BCUT2D eigenvalue weighted by atomic mass is 19.4. The van der Waals surface area contributed by atoms with Gasteiger partial charge >= 0.3 is 6.18 Å². The Morgan fingerprint density at radius 1 is 1.47 bits per heavy atom. The highest BCUT2D eigenvalue weighted by molar-refractivity contribution is 5.83. The van der Waals surface area contributed by atoms with Crippen LogP contribution in [0.2, 0.25) is 0 Å². The Kier molecular flexibility index (Phi) is 4.41. The first kappa shape index (κ1) is 14.3. The van der Waals surface area contributed by atoms with E-state index in [1.165, 1.54) is 7.05 Å². The zero-order chi connectivity index (χ0) is 13.1. The summed E-state index contributed by atoms with van der Waals surface area (Å²) in [5.74, 6) is -0.387. The van der Waals surface area contributed by atoms with Gasteiger partial charge in [-0.2, -0.15) is 13.2 Å². The van der Waals surface area contributed by atoms with Crippen molar-refractivity contribution >= 4 is 5.91 Å². The number of rotatable bonds is 4. The third kappa shape index (κ3) is 3.59. The van der Waals surface area contributed by atoms with Crippen LogP contribution in [0.25, 0.3) is 0 Å². The van der Waals surface area contributed by atoms with Gasteiger partial charge in [-0.3, -0.25) is 4.79 Å². The van der Waals surface area contributed by atoms with Crippen LogP contribution in [0.15, 0.2) is 0 Å². The number of halogens is 3. The van der Waals surface area contributed by atoms with Gasteiger partial charge in [0.05, 0.1) is 5.41 Å². The molecule has 0 aliphatic carbocycles. The van der Waals surface area contributed by atoms with Crippen molar-refractivity contribution in [2.45, 2.75) is 32.4 Å². The Labute approximate surface area is 99.4 Å². The van der Waals surface area contributed by atoms with Crippen molar-refractivity contribution in [3.05, 3.63) is 0 Å². The second kappa shape index (κ2) is 5.25. The lowest BCUT2D eigenvalue weighted by Gasteiger charge is -2.32. The van der Waals surface area contributed by atoms with Crippen molar-refractivity contribution in [1.29, 1.82) is 0 Å². The Hall–Kier alpha value is -0.780. The first-order valence-corrected chi connectivity index (χ1v) is 5.84. The van der Waals surface area contributed by atoms with E-state index in [-0.39, 0.29) is 5.91 Å². The number of nitrogens with one attached hydrogen (secondary N) is 1. The lowest BCUT2D eigenvalue weighted by Crippen LogP contribution is -2.46. The van der Waals surface area contributed by atoms with Crippen LogP contribution in [0.3, 0.4) is 0 Å². The molecule has 1 unspecified atom stereocenters. The second-order valence-electron chi connectivity index (χ2n) is 4.73. The van der Waals surface area contributed by atoms with Crippen molar-refractivity contribution in [2.75, 3.05) is 26.7 Å². The van der Waals surface area contributed by atoms with Gasteiger partial charge in [0.15, 0.2) is 0 Å². The zero-order valence-electron chi connectivity index (χ0n) is 10.2. The van der Waals surface area contributed by atoms with Gasteiger partial charge < -0.3 is 10.2 Å². The van der Waals surface area contributed by atoms with Gasteiger partial charge in [-0.05, 0) is 19.4 Å². The maximum atomic E-state index is 12.3. The zero-order valence-corrected chi connectivity index (χ0v) is 10.2. The molecule has 1 heterocycles. The normalized spacial score (nSPS) is 25.0. The lowest BCUT2D eigenvalue weighted by atomic mass is 9.81. The summed E-state index contributed by atoms with van der Waals surface area (Å²) in [4.78, 5) is 12.9. The van der Waals surface area contributed by atoms with Gasteiger partial charge in [-0.15, -0.1) is 0 Å². The minimum atomic E-state index is -4.33. The summed E-state index contributed by atoms with van der Waals surface area (Å²) in [5, 5.41) is 3.07. The summed E-state index contributed by atoms with van der Waals surface area (Å²) in [6.45, 7) is 1.96. The van der Waals surface area contributed by atoms with E-state index in [0.29, 0.717) is 25.9 Å². The molecule has 0 saturated carbocycles. The molecule has 3 nitrogen and oxygen atoms in total. The van der Waals surface area contributed by atoms with Crippen molar-refractivity contribution in [1.82, 2.24) is 10.2 Å². The van der Waals surface area contributed by atoms with Crippen LogP contribution in [-0.2, 0) is 4.79 Å². The number of hydrogen-bond donors (Lipinski definition) is 1. The number of nitrogens with zero attached hydrogens (tertiary/aromatic N) is 1. The largest absolute Gasteiger partial charge is 0.406 e. The van der Waals surface area contributed by atoms with Crippen LogP contribution in [0.4, 0.5) is 13.2 Å². The summed E-state index contributed by atoms with van der Waals surface area (Å²) in [6.07, 6.45) is -2.26. The predicted molar refractivity (Wildman–Crippen MR) is 58.5 cm³/mol. The average Bonchev–Trinajstić information content (AvgIpc) is 2.64. The number of alkyl halides is 3. The summed E-state index contributed by atoms with van der Waals surface area (Å²) in [7, 11) is 1.23. The molecule has 0 spiro atoms. The van der Waals surface area contributed by atoms with E-state index in [2.05, 4.69) is 5.32 Å². The van der Waals surface area contributed by atoms with Crippen LogP contribution in [0, 0.1) is 5.41 Å². The Morgan fingerprint density at radius 3 is 2.53 bits per heavy atom. The highest BCUT2D eigenvalue weighted by Crippen LogP contribution is 2.33. The van der Waals surface area contributed by atoms with Gasteiger partial charge in [0.1, 0.15) is 6.54 Å². The van der Waals surface area contributed by atoms with Crippen LogP contribution in [0.1, 0.15) is 26.2 Å². The molecule has 1 fully saturated rings. The molecule has 100 valence electrons. The van der Waals surface area contributed by atoms with Crippen molar-refractivity contribution in [3.8, 4) is 0 Å². The molecule has 1 amide bonds. The molecule has 1 N–H and O–H groups in total. The Balaban J connectivity index is 2.71. The summed E-state index contributed by atoms with van der Waals surface area (Å²) < 4.78 is 36.8. The standard InChI is InChI=1S/C11H19F3N2O/c1-3-4-10(5-6-15-7-10)9(17)16(2)8-11(12,13)14/h15H,3-8H2,1-2H3. The van der Waals surface area contributed by atoms with Crippen molar-refractivity contribution in [3.63, 3.8) is 0 Å². The van der Waals surface area contributed by atoms with Gasteiger partial charge in [0, 0.05) is 13.6 Å². The lowest BCUT2D eigenvalue weighted by molar-refractivity contribution is -0.164. The van der Waals surface area contributed by atoms with E-state index in [1.807, 2.05) is 6.92 Å². The molecule has 0 aromatic carbocycles. The second-order valence-corrected chi connectivity index (χ2v) is 4.73. The fraction of sp³-hybridized carbons (Fsp3) is 0.909. The fourth-order valence-electron chi connectivity index (χ4n) is 2.47. The minimum absolute atomic E-state index is 0.387. The SMILES string of the molecule is CCCC1(C(=O)N(C)CC(F)(F)F)CCNC1. The topological polar surface area (TPSA) is 32.3 Å². The number of hydrogen-bond acceptors (Lipinski definition) is 2. The molecule has 1 aliphatic rings. The van der Waals surface area contributed by atoms with E-state index in [9.17, 15) is 18.0 Å². The molecule has 0 radical (unpaired) electrons. The first-order valence-electron chi connectivity index (χ1n) is 5.84. The van der Waals surface area contributed by atoms with E-state index in [0.717, 1.165) is 11.3 Å². The number of carbonyl (C=O) groups excluding carboxylic acids is 1. The quantitative estimate of drug-likeness (QED) is 0.827. The predicted octanol–water partition coefficient (Wildman–Crippen LogP) is 1.79. The monoisotopic (exact) mass is 252 g/mol. The molecule has 1 atom stereocenters. The maximum absolute atomic E-state index is 12.3. The molecule has 17 heavy (non-hydrogen) atoms. The smallest absolute Gasteiger partial charge is 0.336 e. The fourth-order valence-corrected chi connectivity index (χ4v) is 2.47. The molecule has 0 aromatic heterocycles. The molecule has 1 aliphatic heterocycles. The summed E-state index contributed by atoms with van der Waals surface area (Å²) in [5.41, 5.74) is -0.630. The molecule has 1 saturated heterocycles. The van der Waals surface area contributed by atoms with E-state index < -0.39 is 18.1 Å². The van der Waals surface area contributed by atoms with Crippen molar-refractivity contribution < 1.29 is 18.0 Å². The van der Waals surface area contributed by atoms with E-state index >= 15 is 0 Å². The Bertz CT molecular complexity index is 272. The number of carbonyl (C=O) groups is 1. The minimum Gasteiger partial charge on any atom is -0.336 e. The van der Waals surface area contributed by atoms with Gasteiger partial charge in [-0.25, -0.2) is 0 Å². The number of amides is 1. The van der Waals surface area contributed by atoms with Gasteiger partial charge in [0.2, 0.25) is 5.91 Å². The summed E-state index contributed by atoms with van der Waals surface area (Å²) >= 11 is 0. The van der Waals surface area contributed by atoms with Crippen LogP contribution in [0.5, 0.6) is 0 Å². The third-order valence-corrected chi connectivity index (χ3v) is 3.19. The Morgan fingerprint density at radius 2 is 2.12 bits per heavy atom. The van der Waals surface area contributed by atoms with Gasteiger partial charge in [0.25, 0.3) is 0 Å². The molecule has 0 aromatic rings. The molecular formula is C11H19F3N2O. The molecular weight excluding hydrogens is 233 g/mol. The van der Waals surface area contributed by atoms with E-state index in [4.69, 9.17) is 0 Å². The maximum Gasteiger partial charge on any atom is 0.406 e. The van der Waals surface area contributed by atoms with Crippen LogP contribution < -0.4 is 5.32 Å². The van der Waals surface area contributed by atoms with Gasteiger partial charge in [-0.1, -0.05) is 13.3 Å². The highest BCUT2D eigenvalue weighted by Gasteiger charge is 2.44. The van der Waals surface area contributed by atoms with Crippen LogP contribution in [-0.4, -0.2) is 43.7 Å². The van der Waals surface area contributed by atoms with Crippen LogP contribution >= 0.6 is 0 Å². The average molecular weight is 252 g/mol. The van der Waals surface area contributed by atoms with E-state index in [1.54, 1.807) is 0 Å². The first-order chi connectivity index (χ1) is 7.81. The van der Waals surface area contributed by atoms with Crippen molar-refractivity contribution in [2.24, 2.45) is 5.41 Å². The summed E-state index contributed by atoms with van der Waals surface area (Å²) in [6, 6.07) is 0. The molecule has 6 heteroatoms. The molecule has 0 bridgehead atoms.